The standard InChI is InChI=1S/C16H26N2S/c1-12(2)10-17-11-16(9-15-18-5-6-19-15)8-13-3-4-14(16)7-13/h5-6,12-14,17H,3-4,7-11H2,1-2H3. The van der Waals surface area contributed by atoms with E-state index in [9.17, 15) is 0 Å². The van der Waals surface area contributed by atoms with Crippen LogP contribution >= 0.6 is 11.3 Å². The highest BCUT2D eigenvalue weighted by atomic mass is 32.1. The maximum absolute atomic E-state index is 4.54. The van der Waals surface area contributed by atoms with Crippen molar-refractivity contribution in [1.82, 2.24) is 10.3 Å². The summed E-state index contributed by atoms with van der Waals surface area (Å²) < 4.78 is 0. The molecule has 0 amide bonds. The lowest BCUT2D eigenvalue weighted by molar-refractivity contribution is 0.154. The maximum Gasteiger partial charge on any atom is 0.0930 e. The minimum absolute atomic E-state index is 0.510. The summed E-state index contributed by atoms with van der Waals surface area (Å²) in [5.74, 6) is 2.70. The van der Waals surface area contributed by atoms with Gasteiger partial charge in [-0.25, -0.2) is 4.98 Å². The zero-order valence-electron chi connectivity index (χ0n) is 12.2. The van der Waals surface area contributed by atoms with Crippen LogP contribution < -0.4 is 5.32 Å². The van der Waals surface area contributed by atoms with Gasteiger partial charge < -0.3 is 5.32 Å². The zero-order chi connectivity index (χ0) is 13.3. The van der Waals surface area contributed by atoms with Crippen molar-refractivity contribution in [3.05, 3.63) is 16.6 Å². The second kappa shape index (κ2) is 5.53. The molecule has 3 rings (SSSR count). The third-order valence-electron chi connectivity index (χ3n) is 5.12. The Morgan fingerprint density at radius 3 is 2.95 bits per heavy atom. The molecule has 0 aliphatic heterocycles. The Bertz CT molecular complexity index is 401. The molecule has 3 unspecified atom stereocenters. The van der Waals surface area contributed by atoms with E-state index in [0.717, 1.165) is 24.3 Å². The van der Waals surface area contributed by atoms with Gasteiger partial charge in [0.05, 0.1) is 5.01 Å². The highest BCUT2D eigenvalue weighted by Crippen LogP contribution is 2.57. The fraction of sp³-hybridized carbons (Fsp3) is 0.812. The number of fused-ring (bicyclic) bond motifs is 2. The first-order valence-corrected chi connectivity index (χ1v) is 8.65. The summed E-state index contributed by atoms with van der Waals surface area (Å²) in [5.41, 5.74) is 0.510. The molecule has 3 atom stereocenters. The van der Waals surface area contributed by atoms with E-state index >= 15 is 0 Å². The molecule has 2 nitrogen and oxygen atoms in total. The van der Waals surface area contributed by atoms with Crippen LogP contribution in [0, 0.1) is 23.2 Å². The van der Waals surface area contributed by atoms with Crippen LogP contribution in [0.15, 0.2) is 11.6 Å². The second-order valence-corrected chi connectivity index (χ2v) is 8.05. The Balaban J connectivity index is 1.69. The van der Waals surface area contributed by atoms with Gasteiger partial charge in [0.2, 0.25) is 0 Å². The van der Waals surface area contributed by atoms with Crippen LogP contribution in [-0.4, -0.2) is 18.1 Å². The predicted molar refractivity (Wildman–Crippen MR) is 81.4 cm³/mol. The number of nitrogens with one attached hydrogen (secondary N) is 1. The van der Waals surface area contributed by atoms with Crippen molar-refractivity contribution in [2.75, 3.05) is 13.1 Å². The Morgan fingerprint density at radius 1 is 1.47 bits per heavy atom. The van der Waals surface area contributed by atoms with Crippen molar-refractivity contribution in [3.8, 4) is 0 Å². The van der Waals surface area contributed by atoms with E-state index in [1.54, 1.807) is 0 Å². The second-order valence-electron chi connectivity index (χ2n) is 7.07. The van der Waals surface area contributed by atoms with Crippen molar-refractivity contribution in [1.29, 1.82) is 0 Å². The molecular weight excluding hydrogens is 252 g/mol. The van der Waals surface area contributed by atoms with Crippen LogP contribution in [0.1, 0.15) is 44.5 Å². The molecule has 1 aromatic heterocycles. The van der Waals surface area contributed by atoms with Gasteiger partial charge in [-0.3, -0.25) is 0 Å². The van der Waals surface area contributed by atoms with Gasteiger partial charge in [-0.1, -0.05) is 20.3 Å². The van der Waals surface area contributed by atoms with E-state index in [4.69, 9.17) is 0 Å². The molecule has 2 bridgehead atoms. The zero-order valence-corrected chi connectivity index (χ0v) is 13.0. The summed E-state index contributed by atoms with van der Waals surface area (Å²) in [6, 6.07) is 0. The monoisotopic (exact) mass is 278 g/mol. The summed E-state index contributed by atoms with van der Waals surface area (Å²) in [6.07, 6.45) is 9.02. The summed E-state index contributed by atoms with van der Waals surface area (Å²) in [7, 11) is 0. The summed E-state index contributed by atoms with van der Waals surface area (Å²) in [4.78, 5) is 4.54. The van der Waals surface area contributed by atoms with Crippen molar-refractivity contribution in [2.45, 2.75) is 46.0 Å². The topological polar surface area (TPSA) is 24.9 Å². The summed E-state index contributed by atoms with van der Waals surface area (Å²) >= 11 is 1.84. The van der Waals surface area contributed by atoms with Crippen LogP contribution in [0.2, 0.25) is 0 Å². The lowest BCUT2D eigenvalue weighted by Gasteiger charge is -2.38. The Labute approximate surface area is 121 Å². The molecule has 0 spiro atoms. The molecule has 0 aromatic carbocycles. The molecule has 3 heteroatoms. The van der Waals surface area contributed by atoms with Gasteiger partial charge in [-0.15, -0.1) is 11.3 Å². The molecule has 0 radical (unpaired) electrons. The first-order valence-electron chi connectivity index (χ1n) is 7.77. The third-order valence-corrected chi connectivity index (χ3v) is 5.90. The highest BCUT2D eigenvalue weighted by molar-refractivity contribution is 7.09. The SMILES string of the molecule is CC(C)CNCC1(Cc2nccs2)CC2CCC1C2. The Hall–Kier alpha value is -0.410. The van der Waals surface area contributed by atoms with Crippen LogP contribution in [-0.2, 0) is 6.42 Å². The minimum atomic E-state index is 0.510. The van der Waals surface area contributed by atoms with Crippen LogP contribution in [0.3, 0.4) is 0 Å². The Kier molecular flexibility index (Phi) is 3.95. The molecule has 1 N–H and O–H groups in total. The van der Waals surface area contributed by atoms with Crippen LogP contribution in [0.4, 0.5) is 0 Å². The van der Waals surface area contributed by atoms with E-state index in [2.05, 4.69) is 29.5 Å². The van der Waals surface area contributed by atoms with Crippen molar-refractivity contribution >= 4 is 11.3 Å². The van der Waals surface area contributed by atoms with E-state index in [1.807, 2.05) is 17.5 Å². The van der Waals surface area contributed by atoms with Gasteiger partial charge in [-0.05, 0) is 49.0 Å². The van der Waals surface area contributed by atoms with Crippen molar-refractivity contribution < 1.29 is 0 Å². The lowest BCUT2D eigenvalue weighted by atomic mass is 9.71. The molecule has 2 aliphatic rings. The van der Waals surface area contributed by atoms with Gasteiger partial charge in [0.25, 0.3) is 0 Å². The average molecular weight is 278 g/mol. The number of hydrogen-bond acceptors (Lipinski definition) is 3. The summed E-state index contributed by atoms with van der Waals surface area (Å²) in [6.45, 7) is 6.94. The highest BCUT2D eigenvalue weighted by Gasteiger charge is 2.50. The van der Waals surface area contributed by atoms with E-state index in [1.165, 1.54) is 43.7 Å². The molecule has 106 valence electrons. The quantitative estimate of drug-likeness (QED) is 0.857. The fourth-order valence-electron chi connectivity index (χ4n) is 4.30. The minimum Gasteiger partial charge on any atom is -0.316 e. The number of aromatic nitrogens is 1. The maximum atomic E-state index is 4.54. The van der Waals surface area contributed by atoms with Gasteiger partial charge in [0.15, 0.2) is 0 Å². The molecule has 1 aromatic rings. The molecule has 1 heterocycles. The fourth-order valence-corrected chi connectivity index (χ4v) is 5.08. The van der Waals surface area contributed by atoms with Crippen LogP contribution in [0.5, 0.6) is 0 Å². The van der Waals surface area contributed by atoms with E-state index in [-0.39, 0.29) is 0 Å². The van der Waals surface area contributed by atoms with Crippen molar-refractivity contribution in [2.24, 2.45) is 23.2 Å². The lowest BCUT2D eigenvalue weighted by Crippen LogP contribution is -2.41. The molecule has 2 fully saturated rings. The number of rotatable bonds is 6. The molecule has 19 heavy (non-hydrogen) atoms. The van der Waals surface area contributed by atoms with Crippen LogP contribution in [0.25, 0.3) is 0 Å². The van der Waals surface area contributed by atoms with Gasteiger partial charge in [-0.2, -0.15) is 0 Å². The third kappa shape index (κ3) is 2.87. The van der Waals surface area contributed by atoms with Gasteiger partial charge >= 0.3 is 0 Å². The smallest absolute Gasteiger partial charge is 0.0930 e. The first kappa shape index (κ1) is 13.6. The first-order chi connectivity index (χ1) is 9.18. The number of thiazole rings is 1. The van der Waals surface area contributed by atoms with Gasteiger partial charge in [0, 0.05) is 24.5 Å². The van der Waals surface area contributed by atoms with E-state index in [0.29, 0.717) is 5.41 Å². The molecule has 2 aliphatic carbocycles. The largest absolute Gasteiger partial charge is 0.316 e. The number of nitrogens with zero attached hydrogens (tertiary/aromatic N) is 1. The number of hydrogen-bond donors (Lipinski definition) is 1. The van der Waals surface area contributed by atoms with Gasteiger partial charge in [0.1, 0.15) is 0 Å². The molecule has 2 saturated carbocycles. The molecular formula is C16H26N2S. The normalized spacial score (nSPS) is 33.4. The van der Waals surface area contributed by atoms with Crippen molar-refractivity contribution in [3.63, 3.8) is 0 Å². The summed E-state index contributed by atoms with van der Waals surface area (Å²) in [5, 5.41) is 7.21. The average Bonchev–Trinajstić information content (AvgIpc) is 3.04. The van der Waals surface area contributed by atoms with E-state index < -0.39 is 0 Å². The predicted octanol–water partition coefficient (Wildman–Crippen LogP) is 3.74. The molecule has 0 saturated heterocycles. The Morgan fingerprint density at radius 2 is 2.37 bits per heavy atom.